The van der Waals surface area contributed by atoms with Crippen molar-refractivity contribution in [2.75, 3.05) is 7.11 Å². The highest BCUT2D eigenvalue weighted by atomic mass is 79.9. The summed E-state index contributed by atoms with van der Waals surface area (Å²) in [6, 6.07) is 4.82. The number of carbonyl (C=O) groups excluding carboxylic acids is 1. The second-order valence-electron chi connectivity index (χ2n) is 2.60. The molecule has 0 unspecified atom stereocenters. The minimum atomic E-state index is -0.458. The summed E-state index contributed by atoms with van der Waals surface area (Å²) < 4.78 is 5.19. The van der Waals surface area contributed by atoms with Gasteiger partial charge in [-0.05, 0) is 28.1 Å². The van der Waals surface area contributed by atoms with Gasteiger partial charge in [0.15, 0.2) is 0 Å². The van der Waals surface area contributed by atoms with Crippen LogP contribution in [-0.4, -0.2) is 18.9 Å². The number of halogens is 1. The van der Waals surface area contributed by atoms with Crippen LogP contribution < -0.4 is 5.73 Å². The average Bonchev–Trinajstić information content (AvgIpc) is 2.17. The van der Waals surface area contributed by atoms with Gasteiger partial charge in [-0.1, -0.05) is 6.07 Å². The lowest BCUT2D eigenvalue weighted by Crippen LogP contribution is -2.12. The molecule has 0 saturated heterocycles. The third-order valence-electron chi connectivity index (χ3n) is 1.68. The zero-order valence-electron chi connectivity index (χ0n) is 7.50. The van der Waals surface area contributed by atoms with Crippen LogP contribution in [-0.2, 0) is 4.74 Å². The van der Waals surface area contributed by atoms with Crippen LogP contribution in [0, 0.1) is 5.41 Å². The van der Waals surface area contributed by atoms with Crippen LogP contribution in [0.15, 0.2) is 22.7 Å². The van der Waals surface area contributed by atoms with Crippen molar-refractivity contribution < 1.29 is 9.53 Å². The van der Waals surface area contributed by atoms with Gasteiger partial charge in [0.05, 0.1) is 12.7 Å². The minimum absolute atomic E-state index is 0.0809. The van der Waals surface area contributed by atoms with Crippen LogP contribution >= 0.6 is 15.9 Å². The number of hydrogen-bond donors (Lipinski definition) is 2. The quantitative estimate of drug-likeness (QED) is 0.479. The van der Waals surface area contributed by atoms with Gasteiger partial charge in [0.2, 0.25) is 0 Å². The maximum atomic E-state index is 11.2. The summed E-state index contributed by atoms with van der Waals surface area (Å²) in [4.78, 5) is 11.2. The molecule has 0 heterocycles. The van der Waals surface area contributed by atoms with Crippen LogP contribution in [0.1, 0.15) is 15.9 Å². The number of nitrogens with one attached hydrogen (secondary N) is 1. The summed E-state index contributed by atoms with van der Waals surface area (Å²) in [5.41, 5.74) is 6.15. The summed E-state index contributed by atoms with van der Waals surface area (Å²) in [5, 5.41) is 7.21. The molecule has 1 rings (SSSR count). The highest BCUT2D eigenvalue weighted by molar-refractivity contribution is 9.10. The largest absolute Gasteiger partial charge is 0.465 e. The Morgan fingerprint density at radius 3 is 2.71 bits per heavy atom. The fourth-order valence-electron chi connectivity index (χ4n) is 0.959. The average molecular weight is 257 g/mol. The number of rotatable bonds is 2. The molecule has 0 aliphatic carbocycles. The maximum Gasteiger partial charge on any atom is 0.339 e. The highest BCUT2D eigenvalue weighted by Crippen LogP contribution is 2.18. The van der Waals surface area contributed by atoms with E-state index in [9.17, 15) is 4.79 Å². The number of esters is 1. The molecule has 5 heteroatoms. The fourth-order valence-corrected chi connectivity index (χ4v) is 1.37. The molecule has 0 atom stereocenters. The van der Waals surface area contributed by atoms with E-state index in [0.29, 0.717) is 15.6 Å². The van der Waals surface area contributed by atoms with Crippen LogP contribution in [0.4, 0.5) is 0 Å². The Bertz CT molecular complexity index is 390. The van der Waals surface area contributed by atoms with Crippen LogP contribution in [0.5, 0.6) is 0 Å². The van der Waals surface area contributed by atoms with Gasteiger partial charge in [0.25, 0.3) is 0 Å². The number of methoxy groups -OCH3 is 1. The topological polar surface area (TPSA) is 76.2 Å². The van der Waals surface area contributed by atoms with Crippen LogP contribution in [0.25, 0.3) is 0 Å². The molecule has 0 saturated carbocycles. The molecule has 0 aliphatic rings. The lowest BCUT2D eigenvalue weighted by Gasteiger charge is -2.04. The van der Waals surface area contributed by atoms with E-state index in [2.05, 4.69) is 20.7 Å². The van der Waals surface area contributed by atoms with E-state index in [4.69, 9.17) is 11.1 Å². The third-order valence-corrected chi connectivity index (χ3v) is 2.37. The van der Waals surface area contributed by atoms with Crippen LogP contribution in [0.3, 0.4) is 0 Å². The number of ether oxygens (including phenoxy) is 1. The zero-order valence-corrected chi connectivity index (χ0v) is 9.09. The molecule has 0 aromatic heterocycles. The zero-order chi connectivity index (χ0) is 10.7. The van der Waals surface area contributed by atoms with E-state index in [0.717, 1.165) is 0 Å². The van der Waals surface area contributed by atoms with Gasteiger partial charge in [0.1, 0.15) is 5.84 Å². The lowest BCUT2D eigenvalue weighted by atomic mass is 10.1. The molecule has 14 heavy (non-hydrogen) atoms. The van der Waals surface area contributed by atoms with Crippen molar-refractivity contribution in [1.82, 2.24) is 0 Å². The standard InChI is InChI=1S/C9H9BrN2O2/c1-14-9(13)6-4-5(8(11)12)2-3-7(6)10/h2-4H,1H3,(H3,11,12). The molecule has 0 radical (unpaired) electrons. The molecule has 1 aromatic carbocycles. The van der Waals surface area contributed by atoms with E-state index in [1.807, 2.05) is 0 Å². The number of benzene rings is 1. The van der Waals surface area contributed by atoms with Gasteiger partial charge in [0, 0.05) is 10.0 Å². The molecule has 0 spiro atoms. The fraction of sp³-hybridized carbons (Fsp3) is 0.111. The molecule has 74 valence electrons. The minimum Gasteiger partial charge on any atom is -0.465 e. The first-order chi connectivity index (χ1) is 6.56. The Kier molecular flexibility index (Phi) is 3.24. The van der Waals surface area contributed by atoms with E-state index in [1.54, 1.807) is 12.1 Å². The first-order valence-electron chi connectivity index (χ1n) is 3.78. The highest BCUT2D eigenvalue weighted by Gasteiger charge is 2.11. The molecule has 0 aliphatic heterocycles. The summed E-state index contributed by atoms with van der Waals surface area (Å²) in [7, 11) is 1.30. The molecule has 0 bridgehead atoms. The van der Waals surface area contributed by atoms with Gasteiger partial charge in [-0.25, -0.2) is 4.79 Å². The van der Waals surface area contributed by atoms with Gasteiger partial charge in [-0.3, -0.25) is 5.41 Å². The van der Waals surface area contributed by atoms with Crippen LogP contribution in [0.2, 0.25) is 0 Å². The monoisotopic (exact) mass is 256 g/mol. The molecular weight excluding hydrogens is 248 g/mol. The van der Waals surface area contributed by atoms with Crippen molar-refractivity contribution >= 4 is 27.7 Å². The van der Waals surface area contributed by atoms with Gasteiger partial charge in [-0.2, -0.15) is 0 Å². The first-order valence-corrected chi connectivity index (χ1v) is 4.58. The molecular formula is C9H9BrN2O2. The Labute approximate surface area is 89.7 Å². The van der Waals surface area contributed by atoms with Crippen molar-refractivity contribution in [3.8, 4) is 0 Å². The second kappa shape index (κ2) is 4.23. The van der Waals surface area contributed by atoms with E-state index in [-0.39, 0.29) is 5.84 Å². The van der Waals surface area contributed by atoms with Crippen molar-refractivity contribution in [2.24, 2.45) is 5.73 Å². The SMILES string of the molecule is COC(=O)c1cc(C(=N)N)ccc1Br. The van der Waals surface area contributed by atoms with Gasteiger partial charge >= 0.3 is 5.97 Å². The number of nitrogens with two attached hydrogens (primary N) is 1. The first kappa shape index (κ1) is 10.7. The van der Waals surface area contributed by atoms with E-state index >= 15 is 0 Å². The normalized spacial score (nSPS) is 9.57. The molecule has 0 fully saturated rings. The Balaban J connectivity index is 3.21. The Hall–Kier alpha value is -1.36. The van der Waals surface area contributed by atoms with E-state index < -0.39 is 5.97 Å². The summed E-state index contributed by atoms with van der Waals surface area (Å²) in [6.07, 6.45) is 0. The molecule has 4 nitrogen and oxygen atoms in total. The summed E-state index contributed by atoms with van der Waals surface area (Å²) in [6.45, 7) is 0. The molecule has 3 N–H and O–H groups in total. The van der Waals surface area contributed by atoms with Crippen molar-refractivity contribution in [1.29, 1.82) is 5.41 Å². The van der Waals surface area contributed by atoms with Gasteiger partial charge < -0.3 is 10.5 Å². The maximum absolute atomic E-state index is 11.2. The predicted octanol–water partition coefficient (Wildman–Crippen LogP) is 1.52. The lowest BCUT2D eigenvalue weighted by molar-refractivity contribution is 0.0599. The van der Waals surface area contributed by atoms with Crippen molar-refractivity contribution in [2.45, 2.75) is 0 Å². The Morgan fingerprint density at radius 1 is 1.57 bits per heavy atom. The van der Waals surface area contributed by atoms with Gasteiger partial charge in [-0.15, -0.1) is 0 Å². The predicted molar refractivity (Wildman–Crippen MR) is 56.5 cm³/mol. The third kappa shape index (κ3) is 2.11. The number of amidine groups is 1. The van der Waals surface area contributed by atoms with Crippen molar-refractivity contribution in [3.63, 3.8) is 0 Å². The molecule has 0 amide bonds. The summed E-state index contributed by atoms with van der Waals surface area (Å²) >= 11 is 3.21. The van der Waals surface area contributed by atoms with Crippen molar-refractivity contribution in [3.05, 3.63) is 33.8 Å². The number of nitrogen functional groups attached to an aromatic ring is 1. The van der Waals surface area contributed by atoms with E-state index in [1.165, 1.54) is 13.2 Å². The second-order valence-corrected chi connectivity index (χ2v) is 3.45. The number of hydrogen-bond acceptors (Lipinski definition) is 3. The number of carbonyl (C=O) groups is 1. The summed E-state index contributed by atoms with van der Waals surface area (Å²) in [5.74, 6) is -0.539. The smallest absolute Gasteiger partial charge is 0.339 e. The molecule has 1 aromatic rings. The Morgan fingerprint density at radius 2 is 2.21 bits per heavy atom.